The smallest absolute Gasteiger partial charge is 0.316 e. The molecule has 0 spiro atoms. The Hall–Kier alpha value is -2.83. The molecule has 6 amide bonds. The Labute approximate surface area is 233 Å². The van der Waals surface area contributed by atoms with Crippen LogP contribution in [0.25, 0.3) is 0 Å². The number of nitrogens with two attached hydrogens (primary N) is 2. The number of carbonyl (C=O) groups is 6. The summed E-state index contributed by atoms with van der Waals surface area (Å²) in [7, 11) is 0. The molecule has 7 N–H and O–H groups in total. The minimum absolute atomic E-state index is 0.127. The summed E-state index contributed by atoms with van der Waals surface area (Å²) in [5, 5.41) is 7.13. The number of Topliss-reactive ketones (excluding diaryl/α,β-unsaturated/α-hetero) is 1. The van der Waals surface area contributed by atoms with Gasteiger partial charge in [0.15, 0.2) is 0 Å². The molecule has 0 aromatic heterocycles. The number of likely N-dealkylation sites (tertiary alicyclic amines) is 1. The van der Waals surface area contributed by atoms with Gasteiger partial charge in [-0.1, -0.05) is 40.0 Å². The molecule has 4 atom stereocenters. The fourth-order valence-electron chi connectivity index (χ4n) is 5.27. The molecule has 3 aliphatic rings. The van der Waals surface area contributed by atoms with Crippen LogP contribution in [0.1, 0.15) is 78.6 Å². The van der Waals surface area contributed by atoms with E-state index < -0.39 is 58.5 Å². The van der Waals surface area contributed by atoms with E-state index in [-0.39, 0.29) is 17.1 Å². The molecule has 1 heterocycles. The van der Waals surface area contributed by atoms with Crippen molar-refractivity contribution >= 4 is 47.2 Å². The second-order valence-electron chi connectivity index (χ2n) is 11.8. The number of thioether (sulfide) groups is 1. The van der Waals surface area contributed by atoms with Gasteiger partial charge >= 0.3 is 6.03 Å². The molecule has 2 saturated carbocycles. The molecule has 4 unspecified atom stereocenters. The maximum absolute atomic E-state index is 13.9. The second kappa shape index (κ2) is 13.0. The maximum Gasteiger partial charge on any atom is 0.316 e. The lowest BCUT2D eigenvalue weighted by molar-refractivity contribution is -0.142. The Morgan fingerprint density at radius 2 is 1.49 bits per heavy atom. The van der Waals surface area contributed by atoms with Gasteiger partial charge in [-0.25, -0.2) is 4.79 Å². The third kappa shape index (κ3) is 8.33. The van der Waals surface area contributed by atoms with Crippen LogP contribution in [0.2, 0.25) is 0 Å². The van der Waals surface area contributed by atoms with Crippen molar-refractivity contribution in [2.45, 2.75) is 107 Å². The van der Waals surface area contributed by atoms with E-state index in [1.807, 2.05) is 0 Å². The molecule has 3 fully saturated rings. The zero-order valence-corrected chi connectivity index (χ0v) is 23.8. The van der Waals surface area contributed by atoms with Crippen LogP contribution in [0, 0.1) is 11.3 Å². The number of rotatable bonds is 11. The van der Waals surface area contributed by atoms with Gasteiger partial charge in [0.05, 0.1) is 0 Å². The van der Waals surface area contributed by atoms with E-state index in [0.29, 0.717) is 19.4 Å². The van der Waals surface area contributed by atoms with E-state index in [0.717, 1.165) is 44.9 Å². The van der Waals surface area contributed by atoms with Gasteiger partial charge in [-0.05, 0) is 49.9 Å². The van der Waals surface area contributed by atoms with Crippen molar-refractivity contribution in [1.29, 1.82) is 0 Å². The normalized spacial score (nSPS) is 22.3. The van der Waals surface area contributed by atoms with E-state index in [1.165, 1.54) is 16.7 Å². The molecule has 39 heavy (non-hydrogen) atoms. The first-order chi connectivity index (χ1) is 18.3. The summed E-state index contributed by atoms with van der Waals surface area (Å²) in [6, 6.07) is -3.36. The van der Waals surface area contributed by atoms with Gasteiger partial charge < -0.3 is 32.3 Å². The van der Waals surface area contributed by atoms with Crippen molar-refractivity contribution in [3.63, 3.8) is 0 Å². The summed E-state index contributed by atoms with van der Waals surface area (Å²) in [4.78, 5) is 77.5. The van der Waals surface area contributed by atoms with Gasteiger partial charge in [0.1, 0.15) is 23.5 Å². The minimum atomic E-state index is -1.12. The zero-order chi connectivity index (χ0) is 28.9. The molecule has 2 aliphatic carbocycles. The Morgan fingerprint density at radius 1 is 0.846 bits per heavy atom. The summed E-state index contributed by atoms with van der Waals surface area (Å²) >= 11 is 1.20. The van der Waals surface area contributed by atoms with Gasteiger partial charge in [0.2, 0.25) is 17.7 Å². The van der Waals surface area contributed by atoms with Crippen molar-refractivity contribution in [1.82, 2.24) is 20.9 Å². The van der Waals surface area contributed by atoms with Crippen LogP contribution in [0.5, 0.6) is 0 Å². The van der Waals surface area contributed by atoms with E-state index in [2.05, 4.69) is 16.0 Å². The molecule has 218 valence electrons. The molecule has 0 aromatic rings. The highest BCUT2D eigenvalue weighted by Gasteiger charge is 2.43. The first-order valence-electron chi connectivity index (χ1n) is 13.8. The third-order valence-corrected chi connectivity index (χ3v) is 9.01. The SMILES string of the molecule is CC(C)(C)C(NC(=O)NC(C(=O)N1CCCC1C(=O)NC(SC1CC1)C(=O)C(N)=O)C1CCCCC1)C(N)=O. The highest BCUT2D eigenvalue weighted by Crippen LogP contribution is 2.36. The molecule has 12 nitrogen and oxygen atoms in total. The molecule has 13 heteroatoms. The van der Waals surface area contributed by atoms with Crippen LogP contribution in [0.3, 0.4) is 0 Å². The zero-order valence-electron chi connectivity index (χ0n) is 23.0. The monoisotopic (exact) mass is 566 g/mol. The first kappa shape index (κ1) is 30.7. The van der Waals surface area contributed by atoms with Gasteiger partial charge in [-0.15, -0.1) is 11.8 Å². The minimum Gasteiger partial charge on any atom is -0.368 e. The van der Waals surface area contributed by atoms with Gasteiger partial charge in [-0.2, -0.15) is 0 Å². The summed E-state index contributed by atoms with van der Waals surface area (Å²) < 4.78 is 0. The molecule has 0 radical (unpaired) electrons. The molecule has 3 rings (SSSR count). The van der Waals surface area contributed by atoms with Crippen LogP contribution in [-0.2, 0) is 24.0 Å². The van der Waals surface area contributed by atoms with Crippen molar-refractivity contribution in [3.8, 4) is 0 Å². The standard InChI is InChI=1S/C26H42N6O6S/c1-26(2,3)19(21(28)35)30-25(38)29-17(14-8-5-4-6-9-14)24(37)32-13-7-10-16(32)22(36)31-23(18(33)20(27)34)39-15-11-12-15/h14-17,19,23H,4-13H2,1-3H3,(H2,27,34)(H2,28,35)(H,31,36)(H2,29,30,38). The predicted octanol–water partition coefficient (Wildman–Crippen LogP) is 0.518. The van der Waals surface area contributed by atoms with Crippen LogP contribution in [0.15, 0.2) is 0 Å². The highest BCUT2D eigenvalue weighted by atomic mass is 32.2. The van der Waals surface area contributed by atoms with E-state index in [4.69, 9.17) is 11.5 Å². The van der Waals surface area contributed by atoms with E-state index >= 15 is 0 Å². The number of nitrogens with zero attached hydrogens (tertiary/aromatic N) is 1. The average Bonchev–Trinajstić information content (AvgIpc) is 3.55. The molecule has 1 aliphatic heterocycles. The quantitative estimate of drug-likeness (QED) is 0.178. The summed E-state index contributed by atoms with van der Waals surface area (Å²) in [5.41, 5.74) is 10.1. The number of hydrogen-bond acceptors (Lipinski definition) is 7. The molecule has 0 aromatic carbocycles. The van der Waals surface area contributed by atoms with E-state index in [9.17, 15) is 28.8 Å². The fraction of sp³-hybridized carbons (Fsp3) is 0.769. The molecular formula is C26H42N6O6S. The Balaban J connectivity index is 1.75. The lowest BCUT2D eigenvalue weighted by Crippen LogP contribution is -2.61. The van der Waals surface area contributed by atoms with Gasteiger partial charge in [0.25, 0.3) is 11.7 Å². The number of carbonyl (C=O) groups excluding carboxylic acids is 6. The number of hydrogen-bond donors (Lipinski definition) is 5. The van der Waals surface area contributed by atoms with Crippen LogP contribution < -0.4 is 27.4 Å². The lowest BCUT2D eigenvalue weighted by atomic mass is 9.83. The Morgan fingerprint density at radius 3 is 2.03 bits per heavy atom. The number of urea groups is 1. The topological polar surface area (TPSA) is 194 Å². The van der Waals surface area contributed by atoms with Gasteiger partial charge in [-0.3, -0.25) is 24.0 Å². The van der Waals surface area contributed by atoms with Gasteiger partial charge in [0, 0.05) is 11.8 Å². The van der Waals surface area contributed by atoms with Crippen molar-refractivity contribution in [2.24, 2.45) is 22.8 Å². The Bertz CT molecular complexity index is 974. The second-order valence-corrected chi connectivity index (χ2v) is 13.2. The van der Waals surface area contributed by atoms with Crippen LogP contribution in [-0.4, -0.2) is 75.6 Å². The Kier molecular flexibility index (Phi) is 10.2. The fourth-order valence-corrected chi connectivity index (χ4v) is 6.49. The molecular weight excluding hydrogens is 524 g/mol. The maximum atomic E-state index is 13.9. The van der Waals surface area contributed by atoms with Crippen LogP contribution >= 0.6 is 11.8 Å². The largest absolute Gasteiger partial charge is 0.368 e. The van der Waals surface area contributed by atoms with E-state index in [1.54, 1.807) is 20.8 Å². The predicted molar refractivity (Wildman–Crippen MR) is 146 cm³/mol. The molecule has 0 bridgehead atoms. The number of nitrogens with one attached hydrogen (secondary N) is 3. The average molecular weight is 567 g/mol. The summed E-state index contributed by atoms with van der Waals surface area (Å²) in [6.07, 6.45) is 7.11. The highest BCUT2D eigenvalue weighted by molar-refractivity contribution is 8.01. The summed E-state index contributed by atoms with van der Waals surface area (Å²) in [5.74, 6) is -3.71. The third-order valence-electron chi connectivity index (χ3n) is 7.55. The first-order valence-corrected chi connectivity index (χ1v) is 14.7. The lowest BCUT2D eigenvalue weighted by Gasteiger charge is -2.35. The van der Waals surface area contributed by atoms with Crippen molar-refractivity contribution in [2.75, 3.05) is 6.54 Å². The van der Waals surface area contributed by atoms with Crippen molar-refractivity contribution in [3.05, 3.63) is 0 Å². The van der Waals surface area contributed by atoms with Crippen LogP contribution in [0.4, 0.5) is 4.79 Å². The molecule has 1 saturated heterocycles. The number of ketones is 1. The number of primary amides is 2. The van der Waals surface area contributed by atoms with Crippen molar-refractivity contribution < 1.29 is 28.8 Å². The number of amides is 6. The summed E-state index contributed by atoms with van der Waals surface area (Å²) in [6.45, 7) is 5.65.